The Balaban J connectivity index is 1.29. The van der Waals surface area contributed by atoms with Gasteiger partial charge < -0.3 is 0 Å². The van der Waals surface area contributed by atoms with Gasteiger partial charge in [-0.05, 0) is 151 Å². The fourth-order valence-electron chi connectivity index (χ4n) is 10.2. The second kappa shape index (κ2) is 12.2. The van der Waals surface area contributed by atoms with Crippen LogP contribution in [0.5, 0.6) is 0 Å². The van der Waals surface area contributed by atoms with Crippen LogP contribution in [0.4, 0.5) is 0 Å². The smallest absolute Gasteiger partial charge is 0.000718 e. The van der Waals surface area contributed by atoms with Crippen LogP contribution in [-0.4, -0.2) is 0 Å². The van der Waals surface area contributed by atoms with Crippen LogP contribution in [0.25, 0.3) is 121 Å². The molecule has 0 aromatic heterocycles. The first-order chi connectivity index (χ1) is 28.4. The maximum atomic E-state index is 2.47. The molecule has 2 aliphatic carbocycles. The van der Waals surface area contributed by atoms with Gasteiger partial charge in [-0.2, -0.15) is 0 Å². The van der Waals surface area contributed by atoms with Gasteiger partial charge >= 0.3 is 0 Å². The highest BCUT2D eigenvalue weighted by Gasteiger charge is 2.35. The number of hydrogen-bond donors (Lipinski definition) is 0. The van der Waals surface area contributed by atoms with Crippen molar-refractivity contribution in [3.8, 4) is 89.0 Å². The van der Waals surface area contributed by atoms with Crippen molar-refractivity contribution in [2.75, 3.05) is 0 Å². The van der Waals surface area contributed by atoms with E-state index in [2.05, 4.69) is 209 Å². The van der Waals surface area contributed by atoms with E-state index in [-0.39, 0.29) is 5.41 Å². The van der Waals surface area contributed by atoms with Gasteiger partial charge in [0.15, 0.2) is 0 Å². The van der Waals surface area contributed by atoms with Crippen LogP contribution in [0.3, 0.4) is 0 Å². The third-order valence-corrected chi connectivity index (χ3v) is 12.9. The fraction of sp³-hybridized carbons (Fsp3) is 0.0690. The van der Waals surface area contributed by atoms with Crippen LogP contribution in [0.2, 0.25) is 0 Å². The van der Waals surface area contributed by atoms with E-state index in [0.29, 0.717) is 0 Å². The van der Waals surface area contributed by atoms with E-state index in [1.807, 2.05) is 0 Å². The zero-order valence-electron chi connectivity index (χ0n) is 32.9. The van der Waals surface area contributed by atoms with E-state index in [9.17, 15) is 0 Å². The molecule has 0 fully saturated rings. The maximum Gasteiger partial charge on any atom is -0.000718 e. The Kier molecular flexibility index (Phi) is 7.00. The van der Waals surface area contributed by atoms with E-state index in [4.69, 9.17) is 0 Å². The molecule has 0 heterocycles. The normalized spacial score (nSPS) is 12.4. The van der Waals surface area contributed by atoms with Crippen molar-refractivity contribution in [1.29, 1.82) is 0 Å². The second-order valence-electron chi connectivity index (χ2n) is 17.1. The molecule has 10 aromatic carbocycles. The van der Waals surface area contributed by atoms with Crippen molar-refractivity contribution in [3.63, 3.8) is 0 Å². The van der Waals surface area contributed by atoms with Crippen molar-refractivity contribution >= 4 is 32.3 Å². The van der Waals surface area contributed by atoms with E-state index in [1.165, 1.54) is 127 Å². The molecule has 12 rings (SSSR count). The van der Waals surface area contributed by atoms with Crippen molar-refractivity contribution in [2.45, 2.75) is 26.2 Å². The van der Waals surface area contributed by atoms with Crippen LogP contribution in [0.1, 0.15) is 26.3 Å². The molecule has 0 nitrogen and oxygen atoms in total. The Labute approximate surface area is 339 Å². The predicted molar refractivity (Wildman–Crippen MR) is 248 cm³/mol. The minimum atomic E-state index is 0.0595. The van der Waals surface area contributed by atoms with Gasteiger partial charge in [-0.25, -0.2) is 0 Å². The summed E-state index contributed by atoms with van der Waals surface area (Å²) < 4.78 is 0. The standard InChI is InChI=1S/C58H40/c1-58(2,3)39-26-27-42-45-28-30-47-55-48(31-29-46(52(45)55)49(42)34-39)57-54(44-25-15-13-23-41(44)36-18-8-5-9-19-36)51-33-38-21-11-10-20-37(38)32-50(51)53(56(47)57)43-24-14-12-22-40(43)35-16-6-4-7-17-35/h4-34H,1-3H3. The Morgan fingerprint density at radius 3 is 1.17 bits per heavy atom. The molecule has 0 saturated heterocycles. The number of rotatable bonds is 4. The zero-order chi connectivity index (χ0) is 38.7. The van der Waals surface area contributed by atoms with Crippen LogP contribution in [-0.2, 0) is 5.41 Å². The van der Waals surface area contributed by atoms with Crippen LogP contribution < -0.4 is 0 Å². The van der Waals surface area contributed by atoms with Gasteiger partial charge in [0.05, 0.1) is 0 Å². The summed E-state index contributed by atoms with van der Waals surface area (Å²) in [4.78, 5) is 0. The highest BCUT2D eigenvalue weighted by Crippen LogP contribution is 2.62. The minimum absolute atomic E-state index is 0.0595. The third-order valence-electron chi connectivity index (χ3n) is 12.9. The van der Waals surface area contributed by atoms with Crippen molar-refractivity contribution in [2.24, 2.45) is 0 Å². The topological polar surface area (TPSA) is 0 Å². The molecule has 0 unspecified atom stereocenters. The molecule has 0 atom stereocenters. The lowest BCUT2D eigenvalue weighted by molar-refractivity contribution is 0.590. The average Bonchev–Trinajstić information content (AvgIpc) is 3.77. The summed E-state index contributed by atoms with van der Waals surface area (Å²) in [5.41, 5.74) is 22.1. The maximum absolute atomic E-state index is 2.47. The molecule has 2 aliphatic rings. The first kappa shape index (κ1) is 33.2. The van der Waals surface area contributed by atoms with E-state index >= 15 is 0 Å². The van der Waals surface area contributed by atoms with Gasteiger partial charge in [0.25, 0.3) is 0 Å². The molecule has 0 spiro atoms. The lowest BCUT2D eigenvalue weighted by atomic mass is 9.79. The highest BCUT2D eigenvalue weighted by atomic mass is 14.4. The first-order valence-corrected chi connectivity index (χ1v) is 20.5. The summed E-state index contributed by atoms with van der Waals surface area (Å²) in [6.07, 6.45) is 0. The van der Waals surface area contributed by atoms with Crippen molar-refractivity contribution in [1.82, 2.24) is 0 Å². The van der Waals surface area contributed by atoms with Crippen LogP contribution in [0, 0.1) is 0 Å². The molecule has 0 amide bonds. The zero-order valence-corrected chi connectivity index (χ0v) is 32.9. The molecule has 0 aliphatic heterocycles. The molecule has 0 bridgehead atoms. The molecular formula is C58H40. The Morgan fingerprint density at radius 1 is 0.276 bits per heavy atom. The minimum Gasteiger partial charge on any atom is -0.0622 e. The average molecular weight is 737 g/mol. The van der Waals surface area contributed by atoms with E-state index in [1.54, 1.807) is 0 Å². The van der Waals surface area contributed by atoms with E-state index < -0.39 is 0 Å². The molecule has 0 radical (unpaired) electrons. The lowest BCUT2D eigenvalue weighted by Crippen LogP contribution is -2.10. The van der Waals surface area contributed by atoms with Crippen molar-refractivity contribution < 1.29 is 0 Å². The second-order valence-corrected chi connectivity index (χ2v) is 17.1. The quantitative estimate of drug-likeness (QED) is 0.158. The highest BCUT2D eigenvalue weighted by molar-refractivity contribution is 6.33. The molecule has 0 N–H and O–H groups in total. The number of benzene rings is 10. The molecule has 58 heavy (non-hydrogen) atoms. The Morgan fingerprint density at radius 2 is 0.672 bits per heavy atom. The van der Waals surface area contributed by atoms with Gasteiger partial charge in [0.2, 0.25) is 0 Å². The monoisotopic (exact) mass is 736 g/mol. The summed E-state index contributed by atoms with van der Waals surface area (Å²) in [6.45, 7) is 6.95. The molecule has 10 aromatic rings. The number of fused-ring (bicyclic) bond motifs is 8. The van der Waals surface area contributed by atoms with Gasteiger partial charge in [-0.1, -0.05) is 191 Å². The SMILES string of the molecule is CC(C)(C)c1ccc2c(c1)-c1ccc3c4c(ccc-2c14)-c1c-3c(-c2ccccc2-c2ccccc2)c2cc3ccccc3cc2c1-c1ccccc1-c1ccccc1. The predicted octanol–water partition coefficient (Wildman–Crippen LogP) is 16.4. The van der Waals surface area contributed by atoms with Gasteiger partial charge in [0, 0.05) is 0 Å². The summed E-state index contributed by atoms with van der Waals surface area (Å²) in [6, 6.07) is 70.7. The molecule has 0 heteroatoms. The molecular weight excluding hydrogens is 697 g/mol. The summed E-state index contributed by atoms with van der Waals surface area (Å²) in [5.74, 6) is 0. The fourth-order valence-corrected chi connectivity index (χ4v) is 10.2. The van der Waals surface area contributed by atoms with Gasteiger partial charge in [-0.15, -0.1) is 0 Å². The van der Waals surface area contributed by atoms with Crippen LogP contribution >= 0.6 is 0 Å². The third kappa shape index (κ3) is 4.69. The van der Waals surface area contributed by atoms with Gasteiger partial charge in [0.1, 0.15) is 0 Å². The van der Waals surface area contributed by atoms with Crippen LogP contribution in [0.15, 0.2) is 188 Å². The van der Waals surface area contributed by atoms with E-state index in [0.717, 1.165) is 0 Å². The summed E-state index contributed by atoms with van der Waals surface area (Å²) in [7, 11) is 0. The summed E-state index contributed by atoms with van der Waals surface area (Å²) >= 11 is 0. The molecule has 0 saturated carbocycles. The Hall–Kier alpha value is -7.02. The number of hydrogen-bond acceptors (Lipinski definition) is 0. The first-order valence-electron chi connectivity index (χ1n) is 20.5. The summed E-state index contributed by atoms with van der Waals surface area (Å²) in [5, 5.41) is 7.80. The largest absolute Gasteiger partial charge is 0.0622 e. The van der Waals surface area contributed by atoms with Gasteiger partial charge in [-0.3, -0.25) is 0 Å². The Bertz CT molecular complexity index is 3180. The lowest BCUT2D eigenvalue weighted by Gasteiger charge is -2.24. The molecule has 272 valence electrons. The van der Waals surface area contributed by atoms with Crippen molar-refractivity contribution in [3.05, 3.63) is 194 Å².